The van der Waals surface area contributed by atoms with E-state index in [1.807, 2.05) is 19.9 Å². The van der Waals surface area contributed by atoms with Gasteiger partial charge in [0.25, 0.3) is 5.91 Å². The second-order valence-electron chi connectivity index (χ2n) is 5.49. The predicted octanol–water partition coefficient (Wildman–Crippen LogP) is 4.54. The molecule has 0 aliphatic carbocycles. The molecule has 2 rings (SSSR count). The van der Waals surface area contributed by atoms with Gasteiger partial charge >= 0.3 is 0 Å². The summed E-state index contributed by atoms with van der Waals surface area (Å²) in [6, 6.07) is 15.7. The van der Waals surface area contributed by atoms with Crippen molar-refractivity contribution in [1.29, 1.82) is 0 Å². The number of hydrogen-bond acceptors (Lipinski definition) is 3. The first-order chi connectivity index (χ1) is 11.5. The third kappa shape index (κ3) is 4.96. The minimum absolute atomic E-state index is 0.0556. The van der Waals surface area contributed by atoms with Crippen LogP contribution in [0.15, 0.2) is 65.2 Å². The van der Waals surface area contributed by atoms with Crippen LogP contribution >= 0.6 is 11.6 Å². The van der Waals surface area contributed by atoms with Crippen LogP contribution in [-0.4, -0.2) is 23.3 Å². The second kappa shape index (κ2) is 8.31. The van der Waals surface area contributed by atoms with Crippen LogP contribution in [0.3, 0.4) is 0 Å². The number of halogens is 1. The second-order valence-corrected chi connectivity index (χ2v) is 5.93. The largest absolute Gasteiger partial charge is 0.506 e. The molecule has 1 amide bonds. The maximum atomic E-state index is 12.4. The zero-order valence-electron chi connectivity index (χ0n) is 13.5. The van der Waals surface area contributed by atoms with E-state index >= 15 is 0 Å². The Morgan fingerprint density at radius 2 is 1.75 bits per heavy atom. The number of hydrogen-bond donors (Lipinski definition) is 2. The van der Waals surface area contributed by atoms with Crippen molar-refractivity contribution in [2.75, 3.05) is 0 Å². The van der Waals surface area contributed by atoms with Crippen LogP contribution in [0.5, 0.6) is 0 Å². The average Bonchev–Trinajstić information content (AvgIpc) is 2.56. The topological polar surface area (TPSA) is 61.7 Å². The highest BCUT2D eigenvalue weighted by atomic mass is 35.5. The Morgan fingerprint density at radius 3 is 2.33 bits per heavy atom. The zero-order chi connectivity index (χ0) is 17.5. The standard InChI is InChI=1S/C19H19ClN2O2/c1-13(2)22-19(24)17(18(23)14-6-4-3-5-7-14)12-21-16-10-8-15(20)9-11-16/h3-13,23H,1-2H3,(H,22,24)/b18-17+,21-12?. The molecule has 0 spiro atoms. The van der Waals surface area contributed by atoms with Crippen molar-refractivity contribution in [3.63, 3.8) is 0 Å². The van der Waals surface area contributed by atoms with Crippen LogP contribution in [-0.2, 0) is 4.79 Å². The molecule has 0 heterocycles. The van der Waals surface area contributed by atoms with Gasteiger partial charge in [-0.15, -0.1) is 0 Å². The van der Waals surface area contributed by atoms with E-state index in [9.17, 15) is 9.90 Å². The van der Waals surface area contributed by atoms with Gasteiger partial charge in [0.2, 0.25) is 0 Å². The number of carbonyl (C=O) groups is 1. The first-order valence-electron chi connectivity index (χ1n) is 7.56. The molecule has 2 N–H and O–H groups in total. The number of aliphatic imine (C=N–C) groups is 1. The lowest BCUT2D eigenvalue weighted by Crippen LogP contribution is -2.32. The first kappa shape index (κ1) is 17.8. The minimum atomic E-state index is -0.385. The molecule has 0 saturated carbocycles. The molecule has 24 heavy (non-hydrogen) atoms. The van der Waals surface area contributed by atoms with E-state index in [0.29, 0.717) is 16.3 Å². The van der Waals surface area contributed by atoms with Crippen LogP contribution < -0.4 is 5.32 Å². The maximum absolute atomic E-state index is 12.4. The Kier molecular flexibility index (Phi) is 6.15. The molecule has 4 nitrogen and oxygen atoms in total. The lowest BCUT2D eigenvalue weighted by molar-refractivity contribution is -0.117. The summed E-state index contributed by atoms with van der Waals surface area (Å²) in [5.41, 5.74) is 1.29. The van der Waals surface area contributed by atoms with E-state index in [0.717, 1.165) is 0 Å². The number of nitrogens with zero attached hydrogens (tertiary/aromatic N) is 1. The molecular weight excluding hydrogens is 324 g/mol. The van der Waals surface area contributed by atoms with Gasteiger partial charge in [-0.1, -0.05) is 41.9 Å². The van der Waals surface area contributed by atoms with E-state index in [-0.39, 0.29) is 23.3 Å². The number of amides is 1. The molecule has 0 aliphatic rings. The van der Waals surface area contributed by atoms with E-state index in [1.54, 1.807) is 48.5 Å². The minimum Gasteiger partial charge on any atom is -0.506 e. The summed E-state index contributed by atoms with van der Waals surface area (Å²) in [4.78, 5) is 16.7. The molecule has 0 atom stereocenters. The van der Waals surface area contributed by atoms with Gasteiger partial charge in [0.05, 0.1) is 11.3 Å². The number of nitrogens with one attached hydrogen (secondary N) is 1. The van der Waals surface area contributed by atoms with Gasteiger partial charge in [0.15, 0.2) is 0 Å². The Bertz CT molecular complexity index is 751. The average molecular weight is 343 g/mol. The Hall–Kier alpha value is -2.59. The van der Waals surface area contributed by atoms with Crippen molar-refractivity contribution in [3.05, 3.63) is 70.8 Å². The molecular formula is C19H19ClN2O2. The number of aliphatic hydroxyl groups excluding tert-OH is 1. The normalized spacial score (nSPS) is 12.3. The fraction of sp³-hybridized carbons (Fsp3) is 0.158. The van der Waals surface area contributed by atoms with Crippen LogP contribution in [0.1, 0.15) is 19.4 Å². The summed E-state index contributed by atoms with van der Waals surface area (Å²) in [6.45, 7) is 3.71. The number of carbonyl (C=O) groups excluding carboxylic acids is 1. The van der Waals surface area contributed by atoms with E-state index in [4.69, 9.17) is 11.6 Å². The summed E-state index contributed by atoms with van der Waals surface area (Å²) in [5.74, 6) is -0.504. The fourth-order valence-corrected chi connectivity index (χ4v) is 2.11. The van der Waals surface area contributed by atoms with Crippen LogP contribution in [0, 0.1) is 0 Å². The van der Waals surface area contributed by atoms with Crippen molar-refractivity contribution in [1.82, 2.24) is 5.32 Å². The molecule has 2 aromatic rings. The van der Waals surface area contributed by atoms with E-state index in [1.165, 1.54) is 6.21 Å². The highest BCUT2D eigenvalue weighted by molar-refractivity contribution is 6.30. The fourth-order valence-electron chi connectivity index (χ4n) is 1.99. The van der Waals surface area contributed by atoms with E-state index < -0.39 is 0 Å². The third-order valence-corrected chi connectivity index (χ3v) is 3.39. The molecule has 0 radical (unpaired) electrons. The van der Waals surface area contributed by atoms with Gasteiger partial charge in [-0.2, -0.15) is 0 Å². The molecule has 2 aromatic carbocycles. The zero-order valence-corrected chi connectivity index (χ0v) is 14.3. The maximum Gasteiger partial charge on any atom is 0.256 e. The molecule has 0 fully saturated rings. The monoisotopic (exact) mass is 342 g/mol. The summed E-state index contributed by atoms with van der Waals surface area (Å²) in [5, 5.41) is 13.9. The Labute approximate surface area is 146 Å². The SMILES string of the molecule is CC(C)NC(=O)/C(C=Nc1ccc(Cl)cc1)=C(/O)c1ccccc1. The molecule has 0 aromatic heterocycles. The molecule has 0 bridgehead atoms. The van der Waals surface area contributed by atoms with Gasteiger partial charge in [0, 0.05) is 22.8 Å². The number of aliphatic hydroxyl groups is 1. The van der Waals surface area contributed by atoms with E-state index in [2.05, 4.69) is 10.3 Å². The van der Waals surface area contributed by atoms with Crippen LogP contribution in [0.25, 0.3) is 5.76 Å². The van der Waals surface area contributed by atoms with Crippen LogP contribution in [0.4, 0.5) is 5.69 Å². The van der Waals surface area contributed by atoms with Crippen molar-refractivity contribution in [3.8, 4) is 0 Å². The van der Waals surface area contributed by atoms with Gasteiger partial charge in [0.1, 0.15) is 5.76 Å². The first-order valence-corrected chi connectivity index (χ1v) is 7.94. The van der Waals surface area contributed by atoms with Crippen molar-refractivity contribution in [2.24, 2.45) is 4.99 Å². The number of rotatable bonds is 5. The van der Waals surface area contributed by atoms with Crippen molar-refractivity contribution >= 4 is 35.2 Å². The Balaban J connectivity index is 2.39. The molecule has 0 saturated heterocycles. The molecule has 124 valence electrons. The lowest BCUT2D eigenvalue weighted by atomic mass is 10.1. The summed E-state index contributed by atoms with van der Waals surface area (Å²) < 4.78 is 0. The highest BCUT2D eigenvalue weighted by Crippen LogP contribution is 2.19. The third-order valence-electron chi connectivity index (χ3n) is 3.14. The van der Waals surface area contributed by atoms with Gasteiger partial charge in [-0.05, 0) is 38.1 Å². The van der Waals surface area contributed by atoms with Gasteiger partial charge < -0.3 is 10.4 Å². The smallest absolute Gasteiger partial charge is 0.256 e. The quantitative estimate of drug-likeness (QED) is 0.476. The van der Waals surface area contributed by atoms with Crippen molar-refractivity contribution < 1.29 is 9.90 Å². The predicted molar refractivity (Wildman–Crippen MR) is 98.9 cm³/mol. The molecule has 0 aliphatic heterocycles. The summed E-state index contributed by atoms with van der Waals surface area (Å²) in [7, 11) is 0. The van der Waals surface area contributed by atoms with Gasteiger partial charge in [-0.3, -0.25) is 9.79 Å². The van der Waals surface area contributed by atoms with Crippen LogP contribution in [0.2, 0.25) is 5.02 Å². The summed E-state index contributed by atoms with van der Waals surface area (Å²) >= 11 is 5.85. The number of benzene rings is 2. The Morgan fingerprint density at radius 1 is 1.12 bits per heavy atom. The molecule has 5 heteroatoms. The molecule has 0 unspecified atom stereocenters. The van der Waals surface area contributed by atoms with Crippen molar-refractivity contribution in [2.45, 2.75) is 19.9 Å². The highest BCUT2D eigenvalue weighted by Gasteiger charge is 2.15. The lowest BCUT2D eigenvalue weighted by Gasteiger charge is -2.11. The summed E-state index contributed by atoms with van der Waals surface area (Å²) in [6.07, 6.45) is 1.36. The van der Waals surface area contributed by atoms with Gasteiger partial charge in [-0.25, -0.2) is 0 Å².